The van der Waals surface area contributed by atoms with Gasteiger partial charge in [0.1, 0.15) is 0 Å². The van der Waals surface area contributed by atoms with E-state index in [1.807, 2.05) is 30.3 Å². The molecule has 0 amide bonds. The zero-order chi connectivity index (χ0) is 13.6. The van der Waals surface area contributed by atoms with Crippen molar-refractivity contribution in [2.24, 2.45) is 0 Å². The summed E-state index contributed by atoms with van der Waals surface area (Å²) in [5, 5.41) is 17.9. The Morgan fingerprint density at radius 1 is 1.21 bits per heavy atom. The molecule has 2 rings (SSSR count). The zero-order valence-corrected chi connectivity index (χ0v) is 12.2. The Balaban J connectivity index is 0.000000576. The van der Waals surface area contributed by atoms with Gasteiger partial charge in [0.05, 0.1) is 5.60 Å². The molecule has 1 saturated heterocycles. The maximum absolute atomic E-state index is 10.4. The second-order valence-electron chi connectivity index (χ2n) is 4.72. The summed E-state index contributed by atoms with van der Waals surface area (Å²) in [5.41, 5.74) is 0.474. The predicted octanol–water partition coefficient (Wildman–Crippen LogP) is 2.11. The molecule has 19 heavy (non-hydrogen) atoms. The van der Waals surface area contributed by atoms with Crippen LogP contribution >= 0.6 is 12.4 Å². The van der Waals surface area contributed by atoms with E-state index in [9.17, 15) is 5.11 Å². The third-order valence-corrected chi connectivity index (χ3v) is 3.13. The van der Waals surface area contributed by atoms with Gasteiger partial charge >= 0.3 is 0 Å². The highest BCUT2D eigenvalue weighted by molar-refractivity contribution is 5.85. The lowest BCUT2D eigenvalue weighted by atomic mass is 9.85. The largest absolute Gasteiger partial charge is 0.481 e. The normalized spacial score (nSPS) is 17.6. The minimum Gasteiger partial charge on any atom is -0.481 e. The summed E-state index contributed by atoms with van der Waals surface area (Å²) in [5.74, 6) is -0.833. The van der Waals surface area contributed by atoms with Crippen molar-refractivity contribution < 1.29 is 15.0 Å². The molecule has 5 heteroatoms. The Bertz CT molecular complexity index is 372. The average molecular weight is 288 g/mol. The molecule has 0 saturated carbocycles. The van der Waals surface area contributed by atoms with Crippen LogP contribution in [-0.2, 0) is 10.4 Å². The van der Waals surface area contributed by atoms with Crippen LogP contribution in [0.1, 0.15) is 25.3 Å². The molecule has 0 unspecified atom stereocenters. The fourth-order valence-corrected chi connectivity index (χ4v) is 2.03. The molecule has 2 N–H and O–H groups in total. The molecular formula is C14H22ClNO3. The van der Waals surface area contributed by atoms with Gasteiger partial charge in [-0.2, -0.15) is 0 Å². The SMILES string of the molecule is CC(=O)O.CN1CCC(O)(c2ccccc2)CC1.Cl. The molecule has 108 valence electrons. The van der Waals surface area contributed by atoms with Crippen molar-refractivity contribution in [3.63, 3.8) is 0 Å². The molecule has 1 aliphatic rings. The molecule has 1 heterocycles. The number of carboxylic acids is 1. The summed E-state index contributed by atoms with van der Waals surface area (Å²) in [6.45, 7) is 3.04. The van der Waals surface area contributed by atoms with Gasteiger partial charge in [-0.25, -0.2) is 0 Å². The molecule has 0 atom stereocenters. The second-order valence-corrected chi connectivity index (χ2v) is 4.72. The first kappa shape index (κ1) is 17.9. The number of aliphatic hydroxyl groups is 1. The van der Waals surface area contributed by atoms with E-state index in [1.165, 1.54) is 0 Å². The Morgan fingerprint density at radius 3 is 2.05 bits per heavy atom. The molecule has 1 aliphatic heterocycles. The summed E-state index contributed by atoms with van der Waals surface area (Å²) >= 11 is 0. The zero-order valence-electron chi connectivity index (χ0n) is 11.4. The number of nitrogens with zero attached hydrogens (tertiary/aromatic N) is 1. The van der Waals surface area contributed by atoms with Gasteiger partial charge in [-0.15, -0.1) is 12.4 Å². The number of hydrogen-bond donors (Lipinski definition) is 2. The lowest BCUT2D eigenvalue weighted by Crippen LogP contribution is -2.40. The highest BCUT2D eigenvalue weighted by Crippen LogP contribution is 2.31. The minimum atomic E-state index is -0.833. The van der Waals surface area contributed by atoms with Crippen LogP contribution in [0.2, 0.25) is 0 Å². The number of carbonyl (C=O) groups is 1. The van der Waals surface area contributed by atoms with E-state index >= 15 is 0 Å². The lowest BCUT2D eigenvalue weighted by molar-refractivity contribution is -0.134. The molecule has 1 aromatic carbocycles. The van der Waals surface area contributed by atoms with Crippen molar-refractivity contribution in [1.29, 1.82) is 0 Å². The third-order valence-electron chi connectivity index (χ3n) is 3.13. The Morgan fingerprint density at radius 2 is 1.63 bits per heavy atom. The van der Waals surface area contributed by atoms with Crippen molar-refractivity contribution in [2.75, 3.05) is 20.1 Å². The van der Waals surface area contributed by atoms with Crippen LogP contribution in [0.4, 0.5) is 0 Å². The van der Waals surface area contributed by atoms with E-state index < -0.39 is 11.6 Å². The lowest BCUT2D eigenvalue weighted by Gasteiger charge is -2.36. The number of aliphatic carboxylic acids is 1. The smallest absolute Gasteiger partial charge is 0.300 e. The van der Waals surface area contributed by atoms with Gasteiger partial charge in [0.2, 0.25) is 0 Å². The highest BCUT2D eigenvalue weighted by atomic mass is 35.5. The summed E-state index contributed by atoms with van der Waals surface area (Å²) in [7, 11) is 2.10. The maximum Gasteiger partial charge on any atom is 0.300 e. The number of rotatable bonds is 1. The molecule has 0 radical (unpaired) electrons. The van der Waals surface area contributed by atoms with Gasteiger partial charge in [0.15, 0.2) is 0 Å². The fourth-order valence-electron chi connectivity index (χ4n) is 2.03. The number of hydrogen-bond acceptors (Lipinski definition) is 3. The van der Waals surface area contributed by atoms with Crippen LogP contribution in [0.5, 0.6) is 0 Å². The van der Waals surface area contributed by atoms with Crippen molar-refractivity contribution >= 4 is 18.4 Å². The van der Waals surface area contributed by atoms with Crippen LogP contribution in [-0.4, -0.2) is 41.2 Å². The van der Waals surface area contributed by atoms with Crippen LogP contribution in [0.15, 0.2) is 30.3 Å². The predicted molar refractivity (Wildman–Crippen MR) is 77.6 cm³/mol. The molecule has 1 fully saturated rings. The van der Waals surface area contributed by atoms with E-state index in [0.29, 0.717) is 0 Å². The first-order valence-corrected chi connectivity index (χ1v) is 6.10. The summed E-state index contributed by atoms with van der Waals surface area (Å²) in [6.07, 6.45) is 1.68. The number of likely N-dealkylation sites (tertiary alicyclic amines) is 1. The van der Waals surface area contributed by atoms with Crippen molar-refractivity contribution in [3.05, 3.63) is 35.9 Å². The standard InChI is InChI=1S/C12H17NO.C2H4O2.ClH/c1-13-9-7-12(14,8-10-13)11-5-3-2-4-6-11;1-2(3)4;/h2-6,14H,7-10H2,1H3;1H3,(H,3,4);1H. The van der Waals surface area contributed by atoms with Gasteiger partial charge in [0.25, 0.3) is 5.97 Å². The molecule has 0 aromatic heterocycles. The summed E-state index contributed by atoms with van der Waals surface area (Å²) in [6, 6.07) is 10.0. The maximum atomic E-state index is 10.4. The fraction of sp³-hybridized carbons (Fsp3) is 0.500. The Kier molecular flexibility index (Phi) is 7.68. The number of benzene rings is 1. The van der Waals surface area contributed by atoms with Crippen LogP contribution < -0.4 is 0 Å². The van der Waals surface area contributed by atoms with Gasteiger partial charge in [0, 0.05) is 20.0 Å². The highest BCUT2D eigenvalue weighted by Gasteiger charge is 2.32. The van der Waals surface area contributed by atoms with Gasteiger partial charge < -0.3 is 15.1 Å². The molecular weight excluding hydrogens is 266 g/mol. The summed E-state index contributed by atoms with van der Waals surface area (Å²) < 4.78 is 0. The van der Waals surface area contributed by atoms with Crippen molar-refractivity contribution in [1.82, 2.24) is 4.90 Å². The topological polar surface area (TPSA) is 60.8 Å². The Hall–Kier alpha value is -1.10. The second kappa shape index (κ2) is 8.15. The monoisotopic (exact) mass is 287 g/mol. The average Bonchev–Trinajstić information content (AvgIpc) is 2.34. The van der Waals surface area contributed by atoms with Crippen LogP contribution in [0.25, 0.3) is 0 Å². The van der Waals surface area contributed by atoms with E-state index in [4.69, 9.17) is 9.90 Å². The van der Waals surface area contributed by atoms with E-state index in [-0.39, 0.29) is 12.4 Å². The van der Waals surface area contributed by atoms with Gasteiger partial charge in [-0.05, 0) is 25.5 Å². The molecule has 4 nitrogen and oxygen atoms in total. The number of halogens is 1. The van der Waals surface area contributed by atoms with Crippen molar-refractivity contribution in [3.8, 4) is 0 Å². The number of carboxylic acid groups (broad SMARTS) is 1. The Labute approximate surface area is 120 Å². The molecule has 1 aromatic rings. The molecule has 0 spiro atoms. The molecule has 0 aliphatic carbocycles. The van der Waals surface area contributed by atoms with E-state index in [0.717, 1.165) is 38.4 Å². The van der Waals surface area contributed by atoms with Gasteiger partial charge in [-0.3, -0.25) is 4.79 Å². The van der Waals surface area contributed by atoms with Gasteiger partial charge in [-0.1, -0.05) is 30.3 Å². The quantitative estimate of drug-likeness (QED) is 0.830. The first-order valence-electron chi connectivity index (χ1n) is 6.10. The van der Waals surface area contributed by atoms with Crippen molar-refractivity contribution in [2.45, 2.75) is 25.4 Å². The van der Waals surface area contributed by atoms with Crippen LogP contribution in [0.3, 0.4) is 0 Å². The minimum absolute atomic E-state index is 0. The van der Waals surface area contributed by atoms with E-state index in [1.54, 1.807) is 0 Å². The van der Waals surface area contributed by atoms with Crippen LogP contribution in [0, 0.1) is 0 Å². The molecule has 0 bridgehead atoms. The third kappa shape index (κ3) is 6.05. The van der Waals surface area contributed by atoms with E-state index in [2.05, 4.69) is 11.9 Å². The number of piperidine rings is 1. The summed E-state index contributed by atoms with van der Waals surface area (Å²) in [4.78, 5) is 11.3. The first-order chi connectivity index (χ1) is 8.44.